The molecular formula is C14H14O3. The van der Waals surface area contributed by atoms with Gasteiger partial charge in [0.15, 0.2) is 0 Å². The van der Waals surface area contributed by atoms with Crippen molar-refractivity contribution in [1.82, 2.24) is 0 Å². The number of allylic oxidation sites excluding steroid dienone is 1. The number of carbonyl (C=O) groups excluding carboxylic acids is 1. The van der Waals surface area contributed by atoms with Crippen LogP contribution in [0.15, 0.2) is 48.3 Å². The molecule has 1 aliphatic rings. The fourth-order valence-electron chi connectivity index (χ4n) is 1.55. The molecule has 1 N–H and O–H groups in total. The van der Waals surface area contributed by atoms with E-state index in [0.717, 1.165) is 6.29 Å². The molecule has 3 heteroatoms. The van der Waals surface area contributed by atoms with Crippen molar-refractivity contribution in [2.45, 2.75) is 13.0 Å². The van der Waals surface area contributed by atoms with Crippen molar-refractivity contribution in [2.24, 2.45) is 5.92 Å². The van der Waals surface area contributed by atoms with E-state index in [1.54, 1.807) is 30.3 Å². The van der Waals surface area contributed by atoms with Gasteiger partial charge in [0.1, 0.15) is 17.8 Å². The Labute approximate surface area is 100 Å². The van der Waals surface area contributed by atoms with Crippen LogP contribution in [0.1, 0.15) is 17.3 Å². The van der Waals surface area contributed by atoms with Crippen molar-refractivity contribution in [3.05, 3.63) is 53.8 Å². The number of carbonyl (C=O) groups is 1. The molecule has 0 saturated heterocycles. The number of aliphatic hydroxyl groups is 1. The van der Waals surface area contributed by atoms with Gasteiger partial charge in [-0.15, -0.1) is 0 Å². The Balaban J connectivity index is 2.08. The predicted molar refractivity (Wildman–Crippen MR) is 64.9 cm³/mol. The van der Waals surface area contributed by atoms with Gasteiger partial charge in [-0.25, -0.2) is 0 Å². The maximum absolute atomic E-state index is 10.5. The number of ether oxygens (including phenoxy) is 1. The third-order valence-electron chi connectivity index (χ3n) is 2.69. The normalized spacial score (nSPS) is 23.1. The molecule has 1 aromatic rings. The van der Waals surface area contributed by atoms with E-state index >= 15 is 0 Å². The molecule has 3 nitrogen and oxygen atoms in total. The Hall–Kier alpha value is -1.87. The second-order valence-electron chi connectivity index (χ2n) is 4.07. The maximum Gasteiger partial charge on any atom is 0.150 e. The van der Waals surface area contributed by atoms with E-state index < -0.39 is 6.10 Å². The third kappa shape index (κ3) is 2.82. The van der Waals surface area contributed by atoms with E-state index in [-0.39, 0.29) is 5.92 Å². The molecule has 17 heavy (non-hydrogen) atoms. The van der Waals surface area contributed by atoms with Gasteiger partial charge in [0.05, 0.1) is 6.10 Å². The molecule has 1 aliphatic carbocycles. The van der Waals surface area contributed by atoms with Crippen molar-refractivity contribution in [3.63, 3.8) is 0 Å². The van der Waals surface area contributed by atoms with Crippen LogP contribution in [0.2, 0.25) is 0 Å². The SMILES string of the molecule is CC1C=CC(Oc2ccc(C=O)cc2)=CC1O. The molecule has 0 bridgehead atoms. The largest absolute Gasteiger partial charge is 0.458 e. The second-order valence-corrected chi connectivity index (χ2v) is 4.07. The topological polar surface area (TPSA) is 46.5 Å². The molecule has 0 amide bonds. The molecule has 0 fully saturated rings. The standard InChI is InChI=1S/C14H14O3/c1-10-2-5-13(8-14(10)16)17-12-6-3-11(9-15)4-7-12/h2-10,14,16H,1H3. The first-order chi connectivity index (χ1) is 8.19. The fourth-order valence-corrected chi connectivity index (χ4v) is 1.55. The average molecular weight is 230 g/mol. The number of rotatable bonds is 3. The molecule has 1 aromatic carbocycles. The smallest absolute Gasteiger partial charge is 0.150 e. The van der Waals surface area contributed by atoms with Crippen LogP contribution in [0.25, 0.3) is 0 Å². The third-order valence-corrected chi connectivity index (χ3v) is 2.69. The highest BCUT2D eigenvalue weighted by Gasteiger charge is 2.14. The molecule has 0 saturated carbocycles. The van der Waals surface area contributed by atoms with Crippen LogP contribution in [0.5, 0.6) is 5.75 Å². The minimum Gasteiger partial charge on any atom is -0.458 e. The van der Waals surface area contributed by atoms with Gasteiger partial charge < -0.3 is 9.84 Å². The molecule has 2 atom stereocenters. The molecule has 0 aromatic heterocycles. The number of aldehydes is 1. The van der Waals surface area contributed by atoms with Gasteiger partial charge in [0, 0.05) is 11.5 Å². The zero-order valence-electron chi connectivity index (χ0n) is 9.54. The van der Waals surface area contributed by atoms with Gasteiger partial charge in [0.25, 0.3) is 0 Å². The lowest BCUT2D eigenvalue weighted by molar-refractivity contribution is 0.112. The van der Waals surface area contributed by atoms with E-state index in [0.29, 0.717) is 17.1 Å². The fraction of sp³-hybridized carbons (Fsp3) is 0.214. The minimum atomic E-state index is -0.510. The molecule has 2 rings (SSSR count). The average Bonchev–Trinajstić information content (AvgIpc) is 2.35. The zero-order chi connectivity index (χ0) is 12.3. The van der Waals surface area contributed by atoms with Crippen LogP contribution in [0.4, 0.5) is 0 Å². The summed E-state index contributed by atoms with van der Waals surface area (Å²) in [6.07, 6.45) is 5.70. The first-order valence-electron chi connectivity index (χ1n) is 5.50. The van der Waals surface area contributed by atoms with E-state index in [9.17, 15) is 9.90 Å². The lowest BCUT2D eigenvalue weighted by atomic mass is 9.99. The summed E-state index contributed by atoms with van der Waals surface area (Å²) in [6, 6.07) is 6.83. The van der Waals surface area contributed by atoms with E-state index in [4.69, 9.17) is 4.74 Å². The number of hydrogen-bond donors (Lipinski definition) is 1. The number of benzene rings is 1. The van der Waals surface area contributed by atoms with Crippen LogP contribution < -0.4 is 4.74 Å². The summed E-state index contributed by atoms with van der Waals surface area (Å²) in [7, 11) is 0. The van der Waals surface area contributed by atoms with E-state index in [1.165, 1.54) is 0 Å². The van der Waals surface area contributed by atoms with Gasteiger partial charge in [-0.2, -0.15) is 0 Å². The summed E-state index contributed by atoms with van der Waals surface area (Å²) in [4.78, 5) is 10.5. The maximum atomic E-state index is 10.5. The molecule has 0 radical (unpaired) electrons. The number of aliphatic hydroxyl groups excluding tert-OH is 1. The highest BCUT2D eigenvalue weighted by Crippen LogP contribution is 2.20. The monoisotopic (exact) mass is 230 g/mol. The van der Waals surface area contributed by atoms with Crippen molar-refractivity contribution < 1.29 is 14.6 Å². The lowest BCUT2D eigenvalue weighted by Crippen LogP contribution is -2.17. The number of hydrogen-bond acceptors (Lipinski definition) is 3. The summed E-state index contributed by atoms with van der Waals surface area (Å²) in [6.45, 7) is 1.94. The summed E-state index contributed by atoms with van der Waals surface area (Å²) in [5, 5.41) is 9.65. The van der Waals surface area contributed by atoms with Crippen LogP contribution in [0, 0.1) is 5.92 Å². The summed E-state index contributed by atoms with van der Waals surface area (Å²) >= 11 is 0. The van der Waals surface area contributed by atoms with Gasteiger partial charge >= 0.3 is 0 Å². The molecule has 2 unspecified atom stereocenters. The molecule has 88 valence electrons. The minimum absolute atomic E-state index is 0.111. The predicted octanol–water partition coefficient (Wildman–Crippen LogP) is 2.33. The van der Waals surface area contributed by atoms with Crippen LogP contribution >= 0.6 is 0 Å². The Kier molecular flexibility index (Phi) is 3.40. The highest BCUT2D eigenvalue weighted by molar-refractivity contribution is 5.74. The van der Waals surface area contributed by atoms with Crippen LogP contribution in [-0.4, -0.2) is 17.5 Å². The summed E-state index contributed by atoms with van der Waals surface area (Å²) < 4.78 is 5.57. The van der Waals surface area contributed by atoms with Crippen molar-refractivity contribution in [1.29, 1.82) is 0 Å². The Morgan fingerprint density at radius 3 is 2.59 bits per heavy atom. The Bertz CT molecular complexity index is 457. The molecule has 0 spiro atoms. The second kappa shape index (κ2) is 4.97. The Morgan fingerprint density at radius 1 is 1.29 bits per heavy atom. The van der Waals surface area contributed by atoms with E-state index in [2.05, 4.69) is 0 Å². The van der Waals surface area contributed by atoms with Crippen molar-refractivity contribution >= 4 is 6.29 Å². The lowest BCUT2D eigenvalue weighted by Gasteiger charge is -2.18. The first-order valence-corrected chi connectivity index (χ1v) is 5.50. The van der Waals surface area contributed by atoms with Crippen molar-refractivity contribution in [2.75, 3.05) is 0 Å². The Morgan fingerprint density at radius 2 is 2.00 bits per heavy atom. The van der Waals surface area contributed by atoms with Crippen LogP contribution in [0.3, 0.4) is 0 Å². The van der Waals surface area contributed by atoms with Gasteiger partial charge in [-0.3, -0.25) is 4.79 Å². The van der Waals surface area contributed by atoms with Gasteiger partial charge in [-0.1, -0.05) is 13.0 Å². The highest BCUT2D eigenvalue weighted by atomic mass is 16.5. The van der Waals surface area contributed by atoms with Crippen molar-refractivity contribution in [3.8, 4) is 5.75 Å². The van der Waals surface area contributed by atoms with Gasteiger partial charge in [-0.05, 0) is 36.4 Å². The zero-order valence-corrected chi connectivity index (χ0v) is 9.54. The molecule has 0 heterocycles. The van der Waals surface area contributed by atoms with Crippen LogP contribution in [-0.2, 0) is 0 Å². The van der Waals surface area contributed by atoms with E-state index in [1.807, 2.05) is 19.1 Å². The quantitative estimate of drug-likeness (QED) is 0.811. The van der Waals surface area contributed by atoms with Gasteiger partial charge in [0.2, 0.25) is 0 Å². The summed E-state index contributed by atoms with van der Waals surface area (Å²) in [5.74, 6) is 1.38. The summed E-state index contributed by atoms with van der Waals surface area (Å²) in [5.41, 5.74) is 0.610. The first kappa shape index (κ1) is 11.6. The molecular weight excluding hydrogens is 216 g/mol. The molecule has 0 aliphatic heterocycles.